The first kappa shape index (κ1) is 23.7. The van der Waals surface area contributed by atoms with E-state index in [0.717, 1.165) is 51.3 Å². The van der Waals surface area contributed by atoms with Gasteiger partial charge in [-0.25, -0.2) is 0 Å². The Morgan fingerprint density at radius 2 is 1.78 bits per heavy atom. The van der Waals surface area contributed by atoms with Crippen molar-refractivity contribution in [2.45, 2.75) is 25.7 Å². The summed E-state index contributed by atoms with van der Waals surface area (Å²) < 4.78 is 0. The monoisotopic (exact) mass is 416 g/mol. The number of amides is 2. The molecule has 27 heavy (non-hydrogen) atoms. The fourth-order valence-electron chi connectivity index (χ4n) is 3.46. The number of anilines is 1. The lowest BCUT2D eigenvalue weighted by atomic mass is 9.99. The molecule has 0 radical (unpaired) electrons. The van der Waals surface area contributed by atoms with Crippen LogP contribution in [0.1, 0.15) is 36.0 Å². The third kappa shape index (κ3) is 7.30. The Bertz CT molecular complexity index is 586. The van der Waals surface area contributed by atoms with Gasteiger partial charge in [-0.3, -0.25) is 9.59 Å². The maximum absolute atomic E-state index is 12.2. The lowest BCUT2D eigenvalue weighted by Gasteiger charge is -2.21. The highest BCUT2D eigenvalue weighted by Crippen LogP contribution is 2.15. The summed E-state index contributed by atoms with van der Waals surface area (Å²) in [5.41, 5.74) is 1.36. The van der Waals surface area contributed by atoms with Gasteiger partial charge in [0.15, 0.2) is 0 Å². The van der Waals surface area contributed by atoms with Gasteiger partial charge in [0, 0.05) is 30.9 Å². The fraction of sp³-hybridized carbons (Fsp3) is 0.579. The minimum absolute atomic E-state index is 0. The van der Waals surface area contributed by atoms with Gasteiger partial charge >= 0.3 is 0 Å². The molecular weight excluding hydrogens is 387 g/mol. The van der Waals surface area contributed by atoms with Crippen LogP contribution in [0, 0.1) is 5.92 Å². The van der Waals surface area contributed by atoms with E-state index >= 15 is 0 Å². The van der Waals surface area contributed by atoms with Crippen molar-refractivity contribution >= 4 is 42.3 Å². The first-order valence-electron chi connectivity index (χ1n) is 9.34. The largest absolute Gasteiger partial charge is 0.351 e. The molecule has 8 heteroatoms. The molecule has 2 fully saturated rings. The molecule has 3 rings (SSSR count). The lowest BCUT2D eigenvalue weighted by molar-refractivity contribution is -0.120. The molecule has 1 aromatic rings. The molecule has 1 unspecified atom stereocenters. The zero-order chi connectivity index (χ0) is 17.5. The topological polar surface area (TPSA) is 73.5 Å². The van der Waals surface area contributed by atoms with Gasteiger partial charge in [0.25, 0.3) is 5.91 Å². The smallest absolute Gasteiger partial charge is 0.251 e. The molecule has 0 saturated carbocycles. The van der Waals surface area contributed by atoms with Crippen LogP contribution in [-0.4, -0.2) is 56.0 Å². The van der Waals surface area contributed by atoms with Crippen LogP contribution in [0.4, 0.5) is 5.69 Å². The molecular formula is C19H30Cl2N4O2. The van der Waals surface area contributed by atoms with Gasteiger partial charge in [0.05, 0.1) is 5.92 Å². The standard InChI is InChI=1S/C19H28N4O2.2ClH/c24-18(21-10-13-23-11-1-2-12-23)15-5-7-17(8-6-15)22-19(25)16-4-3-9-20-14-16;;/h5-8,16,20H,1-4,9-14H2,(H,21,24)(H,22,25);2*1H. The van der Waals surface area contributed by atoms with Gasteiger partial charge in [-0.1, -0.05) is 0 Å². The maximum atomic E-state index is 12.2. The van der Waals surface area contributed by atoms with E-state index in [1.165, 1.54) is 12.8 Å². The highest BCUT2D eigenvalue weighted by molar-refractivity contribution is 5.96. The molecule has 2 heterocycles. The number of nitrogens with zero attached hydrogens (tertiary/aromatic N) is 1. The Morgan fingerprint density at radius 3 is 2.41 bits per heavy atom. The molecule has 0 spiro atoms. The minimum atomic E-state index is -0.0615. The number of halogens is 2. The van der Waals surface area contributed by atoms with Gasteiger partial charge in [-0.05, 0) is 69.6 Å². The van der Waals surface area contributed by atoms with Crippen molar-refractivity contribution in [3.8, 4) is 0 Å². The molecule has 3 N–H and O–H groups in total. The average molecular weight is 417 g/mol. The third-order valence-electron chi connectivity index (χ3n) is 4.99. The van der Waals surface area contributed by atoms with Crippen LogP contribution in [-0.2, 0) is 4.79 Å². The van der Waals surface area contributed by atoms with Crippen molar-refractivity contribution in [2.24, 2.45) is 5.92 Å². The van der Waals surface area contributed by atoms with Gasteiger partial charge in [-0.2, -0.15) is 0 Å². The first-order valence-corrected chi connectivity index (χ1v) is 9.34. The Labute approximate surface area is 173 Å². The van der Waals surface area contributed by atoms with E-state index in [0.29, 0.717) is 12.1 Å². The van der Waals surface area contributed by atoms with E-state index in [2.05, 4.69) is 20.9 Å². The third-order valence-corrected chi connectivity index (χ3v) is 4.99. The second-order valence-corrected chi connectivity index (χ2v) is 6.91. The van der Waals surface area contributed by atoms with Crippen LogP contribution in [0.15, 0.2) is 24.3 Å². The highest BCUT2D eigenvalue weighted by Gasteiger charge is 2.20. The number of rotatable bonds is 6. The van der Waals surface area contributed by atoms with Crippen molar-refractivity contribution < 1.29 is 9.59 Å². The summed E-state index contributed by atoms with van der Waals surface area (Å²) >= 11 is 0. The van der Waals surface area contributed by atoms with Crippen LogP contribution >= 0.6 is 24.8 Å². The van der Waals surface area contributed by atoms with E-state index in [-0.39, 0.29) is 42.5 Å². The fourth-order valence-corrected chi connectivity index (χ4v) is 3.46. The maximum Gasteiger partial charge on any atom is 0.251 e. The summed E-state index contributed by atoms with van der Waals surface area (Å²) in [5.74, 6) is 0.0193. The minimum Gasteiger partial charge on any atom is -0.351 e. The molecule has 152 valence electrons. The summed E-state index contributed by atoms with van der Waals surface area (Å²) in [5, 5.41) is 9.15. The predicted molar refractivity (Wildman–Crippen MR) is 113 cm³/mol. The summed E-state index contributed by atoms with van der Waals surface area (Å²) in [6.45, 7) is 5.59. The molecule has 6 nitrogen and oxygen atoms in total. The molecule has 2 amide bonds. The molecule has 1 aromatic carbocycles. The van der Waals surface area contributed by atoms with Crippen molar-refractivity contribution in [1.82, 2.24) is 15.5 Å². The van der Waals surface area contributed by atoms with E-state index in [4.69, 9.17) is 0 Å². The number of carbonyl (C=O) groups excluding carboxylic acids is 2. The zero-order valence-corrected chi connectivity index (χ0v) is 17.2. The van der Waals surface area contributed by atoms with Crippen molar-refractivity contribution in [3.05, 3.63) is 29.8 Å². The van der Waals surface area contributed by atoms with Gasteiger partial charge in [-0.15, -0.1) is 24.8 Å². The van der Waals surface area contributed by atoms with Crippen LogP contribution in [0.3, 0.4) is 0 Å². The van der Waals surface area contributed by atoms with E-state index < -0.39 is 0 Å². The molecule has 2 aliphatic heterocycles. The SMILES string of the molecule is Cl.Cl.O=C(NCCN1CCCC1)c1ccc(NC(=O)C2CCCNC2)cc1. The molecule has 0 aliphatic carbocycles. The predicted octanol–water partition coefficient (Wildman–Crippen LogP) is 2.29. The van der Waals surface area contributed by atoms with Crippen molar-refractivity contribution in [1.29, 1.82) is 0 Å². The van der Waals surface area contributed by atoms with E-state index in [9.17, 15) is 9.59 Å². The summed E-state index contributed by atoms with van der Waals surface area (Å²) in [7, 11) is 0. The van der Waals surface area contributed by atoms with Crippen molar-refractivity contribution in [3.63, 3.8) is 0 Å². The van der Waals surface area contributed by atoms with Crippen LogP contribution in [0.5, 0.6) is 0 Å². The number of nitrogens with one attached hydrogen (secondary N) is 3. The number of benzene rings is 1. The zero-order valence-electron chi connectivity index (χ0n) is 15.5. The van der Waals surface area contributed by atoms with Crippen molar-refractivity contribution in [2.75, 3.05) is 44.6 Å². The van der Waals surface area contributed by atoms with Crippen LogP contribution in [0.25, 0.3) is 0 Å². The average Bonchev–Trinajstić information content (AvgIpc) is 3.16. The molecule has 0 bridgehead atoms. The summed E-state index contributed by atoms with van der Waals surface area (Å²) in [6, 6.07) is 7.12. The van der Waals surface area contributed by atoms with Gasteiger partial charge < -0.3 is 20.9 Å². The number of hydrogen-bond donors (Lipinski definition) is 3. The van der Waals surface area contributed by atoms with Crippen LogP contribution < -0.4 is 16.0 Å². The Morgan fingerprint density at radius 1 is 1.07 bits per heavy atom. The summed E-state index contributed by atoms with van der Waals surface area (Å²) in [4.78, 5) is 26.8. The lowest BCUT2D eigenvalue weighted by Crippen LogP contribution is -2.37. The highest BCUT2D eigenvalue weighted by atomic mass is 35.5. The molecule has 2 aliphatic rings. The first-order chi connectivity index (χ1) is 12.2. The normalized spacial score (nSPS) is 19.5. The Kier molecular flexibility index (Phi) is 10.7. The number of hydrogen-bond acceptors (Lipinski definition) is 4. The second-order valence-electron chi connectivity index (χ2n) is 6.91. The molecule has 2 saturated heterocycles. The molecule has 0 aromatic heterocycles. The summed E-state index contributed by atoms with van der Waals surface area (Å²) in [6.07, 6.45) is 4.49. The van der Waals surface area contributed by atoms with Gasteiger partial charge in [0.2, 0.25) is 5.91 Å². The quantitative estimate of drug-likeness (QED) is 0.664. The number of piperidine rings is 1. The number of likely N-dealkylation sites (tertiary alicyclic amines) is 1. The van der Waals surface area contributed by atoms with Crippen LogP contribution in [0.2, 0.25) is 0 Å². The van der Waals surface area contributed by atoms with Gasteiger partial charge in [0.1, 0.15) is 0 Å². The molecule has 1 atom stereocenters. The van der Waals surface area contributed by atoms with E-state index in [1.54, 1.807) is 24.3 Å². The number of carbonyl (C=O) groups is 2. The Balaban J connectivity index is 0.00000182. The Hall–Kier alpha value is -1.34. The van der Waals surface area contributed by atoms with E-state index in [1.807, 2.05) is 0 Å². The second kappa shape index (κ2) is 12.2.